The summed E-state index contributed by atoms with van der Waals surface area (Å²) in [6, 6.07) is 8.57. The van der Waals surface area contributed by atoms with Gasteiger partial charge < -0.3 is 15.0 Å². The number of halogens is 1. The van der Waals surface area contributed by atoms with Gasteiger partial charge in [0, 0.05) is 31.3 Å². The van der Waals surface area contributed by atoms with Gasteiger partial charge in [-0.3, -0.25) is 9.89 Å². The van der Waals surface area contributed by atoms with Crippen molar-refractivity contribution in [1.82, 2.24) is 15.1 Å². The highest BCUT2D eigenvalue weighted by molar-refractivity contribution is 6.30. The molecule has 0 amide bonds. The van der Waals surface area contributed by atoms with Gasteiger partial charge in [0.25, 0.3) is 0 Å². The number of likely N-dealkylation sites (tertiary alicyclic amines) is 2. The topological polar surface area (TPSA) is 40.1 Å². The maximum absolute atomic E-state index is 6.28. The van der Waals surface area contributed by atoms with Crippen molar-refractivity contribution in [3.63, 3.8) is 0 Å². The minimum Gasteiger partial charge on any atom is -0.378 e. The van der Waals surface area contributed by atoms with Gasteiger partial charge in [-0.15, -0.1) is 0 Å². The quantitative estimate of drug-likeness (QED) is 0.550. The molecule has 5 nitrogen and oxygen atoms in total. The van der Waals surface area contributed by atoms with Crippen molar-refractivity contribution < 1.29 is 4.74 Å². The number of hydrogen-bond acceptors (Lipinski definition) is 3. The molecule has 0 aliphatic carbocycles. The number of piperidine rings is 1. The van der Waals surface area contributed by atoms with Crippen molar-refractivity contribution in [3.05, 3.63) is 34.9 Å². The van der Waals surface area contributed by atoms with E-state index in [-0.39, 0.29) is 6.04 Å². The Morgan fingerprint density at radius 2 is 1.96 bits per heavy atom. The van der Waals surface area contributed by atoms with E-state index in [2.05, 4.69) is 41.1 Å². The predicted octanol–water partition coefficient (Wildman–Crippen LogP) is 3.94. The number of nitrogens with zero attached hydrogens (tertiary/aromatic N) is 3. The molecule has 0 radical (unpaired) electrons. The van der Waals surface area contributed by atoms with E-state index in [0.717, 1.165) is 69.7 Å². The second kappa shape index (κ2) is 11.0. The highest BCUT2D eigenvalue weighted by atomic mass is 35.5. The van der Waals surface area contributed by atoms with E-state index in [4.69, 9.17) is 21.3 Å². The molecule has 1 N–H and O–H groups in total. The molecule has 28 heavy (non-hydrogen) atoms. The molecule has 1 aromatic carbocycles. The van der Waals surface area contributed by atoms with Gasteiger partial charge in [0.2, 0.25) is 0 Å². The predicted molar refractivity (Wildman–Crippen MR) is 117 cm³/mol. The first-order valence-corrected chi connectivity index (χ1v) is 11.2. The summed E-state index contributed by atoms with van der Waals surface area (Å²) in [5.74, 6) is 1.03. The van der Waals surface area contributed by atoms with Crippen molar-refractivity contribution in [2.75, 3.05) is 45.9 Å². The summed E-state index contributed by atoms with van der Waals surface area (Å²) in [4.78, 5) is 10.0. The number of benzene rings is 1. The van der Waals surface area contributed by atoms with Gasteiger partial charge >= 0.3 is 0 Å². The molecule has 2 fully saturated rings. The normalized spacial score (nSPS) is 20.5. The summed E-state index contributed by atoms with van der Waals surface area (Å²) in [5, 5.41) is 4.30. The lowest BCUT2D eigenvalue weighted by molar-refractivity contribution is 0.0263. The van der Waals surface area contributed by atoms with Crippen LogP contribution in [0.3, 0.4) is 0 Å². The van der Waals surface area contributed by atoms with E-state index in [9.17, 15) is 0 Å². The Labute approximate surface area is 175 Å². The molecule has 156 valence electrons. The zero-order valence-corrected chi connectivity index (χ0v) is 18.1. The molecule has 2 heterocycles. The van der Waals surface area contributed by atoms with Crippen LogP contribution in [-0.4, -0.2) is 67.7 Å². The first kappa shape index (κ1) is 21.4. The maximum Gasteiger partial charge on any atom is 0.193 e. The van der Waals surface area contributed by atoms with Gasteiger partial charge in [0.15, 0.2) is 5.96 Å². The largest absolute Gasteiger partial charge is 0.378 e. The Morgan fingerprint density at radius 3 is 2.61 bits per heavy atom. The van der Waals surface area contributed by atoms with E-state index in [1.54, 1.807) is 0 Å². The highest BCUT2D eigenvalue weighted by Gasteiger charge is 2.25. The van der Waals surface area contributed by atoms with Crippen LogP contribution in [0.15, 0.2) is 29.3 Å². The number of aliphatic imine (C=N–C) groups is 1. The van der Waals surface area contributed by atoms with Crippen molar-refractivity contribution in [2.45, 2.75) is 51.7 Å². The van der Waals surface area contributed by atoms with Gasteiger partial charge in [0.05, 0.1) is 18.7 Å². The Balaban J connectivity index is 1.71. The number of hydrogen-bond donors (Lipinski definition) is 1. The van der Waals surface area contributed by atoms with Crippen LogP contribution in [0.1, 0.15) is 51.1 Å². The zero-order chi connectivity index (χ0) is 19.8. The molecule has 1 unspecified atom stereocenters. The van der Waals surface area contributed by atoms with E-state index in [1.807, 2.05) is 12.1 Å². The number of guanidine groups is 1. The van der Waals surface area contributed by atoms with E-state index in [0.29, 0.717) is 6.10 Å². The fraction of sp³-hybridized carbons (Fsp3) is 0.682. The first-order valence-electron chi connectivity index (χ1n) is 10.9. The van der Waals surface area contributed by atoms with E-state index < -0.39 is 0 Å². The molecule has 2 aliphatic heterocycles. The first-order chi connectivity index (χ1) is 13.7. The van der Waals surface area contributed by atoms with Crippen molar-refractivity contribution >= 4 is 17.6 Å². The lowest BCUT2D eigenvalue weighted by Gasteiger charge is -2.34. The van der Waals surface area contributed by atoms with Crippen LogP contribution in [0.5, 0.6) is 0 Å². The summed E-state index contributed by atoms with van der Waals surface area (Å²) in [5.41, 5.74) is 1.27. The molecular weight excluding hydrogens is 372 g/mol. The van der Waals surface area contributed by atoms with Crippen LogP contribution in [0.4, 0.5) is 0 Å². The number of ether oxygens (including phenoxy) is 1. The van der Waals surface area contributed by atoms with Crippen LogP contribution < -0.4 is 5.32 Å². The average molecular weight is 407 g/mol. The third-order valence-corrected chi connectivity index (χ3v) is 5.94. The summed E-state index contributed by atoms with van der Waals surface area (Å²) < 4.78 is 5.80. The Bertz CT molecular complexity index is 625. The Hall–Kier alpha value is -1.30. The van der Waals surface area contributed by atoms with Gasteiger partial charge in [-0.1, -0.05) is 23.7 Å². The third kappa shape index (κ3) is 5.85. The number of nitrogens with one attached hydrogen (secondary N) is 1. The molecule has 1 atom stereocenters. The lowest BCUT2D eigenvalue weighted by atomic mass is 10.1. The number of rotatable bonds is 7. The van der Waals surface area contributed by atoms with Crippen molar-refractivity contribution in [2.24, 2.45) is 4.99 Å². The fourth-order valence-corrected chi connectivity index (χ4v) is 4.47. The minimum atomic E-state index is 0.288. The molecule has 2 saturated heterocycles. The van der Waals surface area contributed by atoms with Gasteiger partial charge in [0.1, 0.15) is 0 Å². The Kier molecular flexibility index (Phi) is 8.44. The standard InChI is InChI=1S/C22H35ClN4O/c1-3-24-22(27-14-10-20(11-15-27)28-4-2)25-17-21(26-12-5-6-13-26)18-8-7-9-19(23)16-18/h7-9,16,20-21H,3-6,10-15,17H2,1-2H3,(H,24,25). The molecule has 2 aliphatic rings. The molecule has 1 aromatic rings. The average Bonchev–Trinajstić information content (AvgIpc) is 3.23. The molecule has 0 spiro atoms. The van der Waals surface area contributed by atoms with Crippen LogP contribution in [-0.2, 0) is 4.74 Å². The van der Waals surface area contributed by atoms with E-state index in [1.165, 1.54) is 18.4 Å². The monoisotopic (exact) mass is 406 g/mol. The zero-order valence-electron chi connectivity index (χ0n) is 17.4. The third-order valence-electron chi connectivity index (χ3n) is 5.71. The minimum absolute atomic E-state index is 0.288. The molecular formula is C22H35ClN4O. The Morgan fingerprint density at radius 1 is 1.21 bits per heavy atom. The van der Waals surface area contributed by atoms with Gasteiger partial charge in [-0.2, -0.15) is 0 Å². The van der Waals surface area contributed by atoms with Crippen LogP contribution in [0, 0.1) is 0 Å². The smallest absolute Gasteiger partial charge is 0.193 e. The molecule has 0 aromatic heterocycles. The van der Waals surface area contributed by atoms with Gasteiger partial charge in [-0.25, -0.2) is 0 Å². The van der Waals surface area contributed by atoms with Crippen molar-refractivity contribution in [3.8, 4) is 0 Å². The fourth-order valence-electron chi connectivity index (χ4n) is 4.27. The molecule has 3 rings (SSSR count). The van der Waals surface area contributed by atoms with Crippen LogP contribution in [0.2, 0.25) is 5.02 Å². The molecule has 6 heteroatoms. The highest BCUT2D eigenvalue weighted by Crippen LogP contribution is 2.27. The lowest BCUT2D eigenvalue weighted by Crippen LogP contribution is -2.47. The second-order valence-corrected chi connectivity index (χ2v) is 8.09. The molecule has 0 saturated carbocycles. The SMILES string of the molecule is CCNC(=NCC(c1cccc(Cl)c1)N1CCCC1)N1CCC(OCC)CC1. The maximum atomic E-state index is 6.28. The summed E-state index contributed by atoms with van der Waals surface area (Å²) in [7, 11) is 0. The van der Waals surface area contributed by atoms with E-state index >= 15 is 0 Å². The summed E-state index contributed by atoms with van der Waals surface area (Å²) >= 11 is 6.28. The van der Waals surface area contributed by atoms with Crippen LogP contribution in [0.25, 0.3) is 0 Å². The van der Waals surface area contributed by atoms with Crippen LogP contribution >= 0.6 is 11.6 Å². The van der Waals surface area contributed by atoms with Gasteiger partial charge in [-0.05, 0) is 70.3 Å². The van der Waals surface area contributed by atoms with Crippen molar-refractivity contribution in [1.29, 1.82) is 0 Å². The second-order valence-electron chi connectivity index (χ2n) is 7.65. The summed E-state index contributed by atoms with van der Waals surface area (Å²) in [6.07, 6.45) is 5.08. The molecule has 0 bridgehead atoms. The summed E-state index contributed by atoms with van der Waals surface area (Å²) in [6.45, 7) is 10.9.